The molecular formula is C14H16FN3O3S2. The van der Waals surface area contributed by atoms with Gasteiger partial charge in [0, 0.05) is 36.7 Å². The maximum Gasteiger partial charge on any atom is 0.251 e. The predicted octanol–water partition coefficient (Wildman–Crippen LogP) is 1.36. The van der Waals surface area contributed by atoms with Crippen LogP contribution in [0, 0.1) is 0 Å². The fourth-order valence-corrected chi connectivity index (χ4v) is 3.50. The molecule has 0 aliphatic rings. The summed E-state index contributed by atoms with van der Waals surface area (Å²) in [6.45, 7) is -0.688. The molecule has 0 aliphatic heterocycles. The van der Waals surface area contributed by atoms with Crippen LogP contribution in [-0.2, 0) is 16.4 Å². The molecule has 2 rings (SSSR count). The van der Waals surface area contributed by atoms with Crippen molar-refractivity contribution >= 4 is 27.3 Å². The van der Waals surface area contributed by atoms with Gasteiger partial charge in [-0.2, -0.15) is 0 Å². The molecule has 1 aromatic heterocycles. The highest BCUT2D eigenvalue weighted by molar-refractivity contribution is 7.89. The molecule has 0 spiro atoms. The van der Waals surface area contributed by atoms with E-state index in [4.69, 9.17) is 0 Å². The van der Waals surface area contributed by atoms with Gasteiger partial charge >= 0.3 is 0 Å². The van der Waals surface area contributed by atoms with Gasteiger partial charge in [0.25, 0.3) is 5.91 Å². The molecule has 0 radical (unpaired) electrons. The van der Waals surface area contributed by atoms with E-state index in [1.54, 1.807) is 6.20 Å². The Bertz CT molecular complexity index is 748. The fraction of sp³-hybridized carbons (Fsp3) is 0.286. The van der Waals surface area contributed by atoms with Crippen LogP contribution >= 0.6 is 11.3 Å². The first kappa shape index (κ1) is 17.5. The van der Waals surface area contributed by atoms with E-state index in [1.807, 2.05) is 5.38 Å². The van der Waals surface area contributed by atoms with E-state index in [9.17, 15) is 17.6 Å². The number of carbonyl (C=O) groups is 1. The molecule has 1 heterocycles. The Morgan fingerprint density at radius 2 is 2.13 bits per heavy atom. The van der Waals surface area contributed by atoms with Gasteiger partial charge in [-0.05, 0) is 18.2 Å². The van der Waals surface area contributed by atoms with Crippen molar-refractivity contribution in [1.82, 2.24) is 15.0 Å². The average Bonchev–Trinajstić information content (AvgIpc) is 3.06. The molecule has 0 atom stereocenters. The zero-order valence-corrected chi connectivity index (χ0v) is 13.8. The number of alkyl halides is 1. The molecule has 23 heavy (non-hydrogen) atoms. The second-order valence-electron chi connectivity index (χ2n) is 4.55. The lowest BCUT2D eigenvalue weighted by Crippen LogP contribution is -2.28. The summed E-state index contributed by atoms with van der Waals surface area (Å²) >= 11 is 1.50. The summed E-state index contributed by atoms with van der Waals surface area (Å²) in [6.07, 6.45) is 2.31. The summed E-state index contributed by atoms with van der Waals surface area (Å²) in [5, 5.41) is 5.48. The van der Waals surface area contributed by atoms with Crippen molar-refractivity contribution < 1.29 is 17.6 Å². The predicted molar refractivity (Wildman–Crippen MR) is 85.8 cm³/mol. The van der Waals surface area contributed by atoms with Crippen LogP contribution in [0.5, 0.6) is 0 Å². The number of thiazole rings is 1. The number of rotatable bonds is 8. The van der Waals surface area contributed by atoms with Crippen LogP contribution in [0.25, 0.3) is 0 Å². The van der Waals surface area contributed by atoms with Crippen LogP contribution in [0.3, 0.4) is 0 Å². The van der Waals surface area contributed by atoms with Gasteiger partial charge in [-0.25, -0.2) is 22.5 Å². The molecule has 6 nitrogen and oxygen atoms in total. The zero-order valence-electron chi connectivity index (χ0n) is 12.2. The minimum Gasteiger partial charge on any atom is -0.352 e. The third kappa shape index (κ3) is 5.08. The summed E-state index contributed by atoms with van der Waals surface area (Å²) < 4.78 is 38.1. The second-order valence-corrected chi connectivity index (χ2v) is 7.29. The fourth-order valence-electron chi connectivity index (χ4n) is 1.82. The Morgan fingerprint density at radius 3 is 2.83 bits per heavy atom. The number of nitrogens with zero attached hydrogens (tertiary/aromatic N) is 1. The molecule has 2 aromatic rings. The van der Waals surface area contributed by atoms with Gasteiger partial charge in [0.15, 0.2) is 0 Å². The number of sulfonamides is 1. The van der Waals surface area contributed by atoms with Crippen LogP contribution in [0.15, 0.2) is 40.7 Å². The molecule has 0 unspecified atom stereocenters. The van der Waals surface area contributed by atoms with Crippen LogP contribution < -0.4 is 10.0 Å². The minimum atomic E-state index is -3.81. The SMILES string of the molecule is O=C(NCCc1nccs1)c1cccc(S(=O)(=O)NCCF)c1. The second kappa shape index (κ2) is 8.14. The quantitative estimate of drug-likeness (QED) is 0.747. The van der Waals surface area contributed by atoms with Gasteiger partial charge < -0.3 is 5.32 Å². The number of hydrogen-bond acceptors (Lipinski definition) is 5. The summed E-state index contributed by atoms with van der Waals surface area (Å²) in [6, 6.07) is 5.61. The monoisotopic (exact) mass is 357 g/mol. The summed E-state index contributed by atoms with van der Waals surface area (Å²) in [4.78, 5) is 16.1. The van der Waals surface area contributed by atoms with Crippen molar-refractivity contribution in [3.63, 3.8) is 0 Å². The van der Waals surface area contributed by atoms with Crippen LogP contribution in [0.1, 0.15) is 15.4 Å². The topological polar surface area (TPSA) is 88.2 Å². The van der Waals surface area contributed by atoms with Crippen LogP contribution in [-0.4, -0.2) is 39.1 Å². The average molecular weight is 357 g/mol. The van der Waals surface area contributed by atoms with E-state index >= 15 is 0 Å². The Kier molecular flexibility index (Phi) is 6.20. The Hall–Kier alpha value is -1.84. The molecule has 0 saturated carbocycles. The number of carbonyl (C=O) groups excluding carboxylic acids is 1. The number of hydrogen-bond donors (Lipinski definition) is 2. The van der Waals surface area contributed by atoms with E-state index in [0.717, 1.165) is 5.01 Å². The van der Waals surface area contributed by atoms with E-state index in [-0.39, 0.29) is 22.9 Å². The van der Waals surface area contributed by atoms with Crippen molar-refractivity contribution in [3.05, 3.63) is 46.4 Å². The number of halogens is 1. The van der Waals surface area contributed by atoms with E-state index in [1.165, 1.54) is 35.6 Å². The minimum absolute atomic E-state index is 0.0708. The van der Waals surface area contributed by atoms with Gasteiger partial charge in [-0.15, -0.1) is 11.3 Å². The van der Waals surface area contributed by atoms with E-state index in [0.29, 0.717) is 13.0 Å². The molecule has 0 fully saturated rings. The molecule has 124 valence electrons. The van der Waals surface area contributed by atoms with Crippen LogP contribution in [0.4, 0.5) is 4.39 Å². The highest BCUT2D eigenvalue weighted by Gasteiger charge is 2.15. The molecule has 9 heteroatoms. The molecular weight excluding hydrogens is 341 g/mol. The summed E-state index contributed by atoms with van der Waals surface area (Å²) in [7, 11) is -3.81. The van der Waals surface area contributed by atoms with Gasteiger partial charge in [-0.1, -0.05) is 6.07 Å². The first-order chi connectivity index (χ1) is 11.0. The first-order valence-corrected chi connectivity index (χ1v) is 9.21. The standard InChI is InChI=1S/C14H16FN3O3S2/c15-5-7-18-23(20,21)12-3-1-2-11(10-12)14(19)17-6-4-13-16-8-9-22-13/h1-3,8-10,18H,4-7H2,(H,17,19). The Labute approximate surface area is 137 Å². The molecule has 1 amide bonds. The van der Waals surface area contributed by atoms with Gasteiger partial charge in [0.2, 0.25) is 10.0 Å². The first-order valence-electron chi connectivity index (χ1n) is 6.85. The van der Waals surface area contributed by atoms with Crippen molar-refractivity contribution in [2.45, 2.75) is 11.3 Å². The molecule has 2 N–H and O–H groups in total. The van der Waals surface area contributed by atoms with E-state index in [2.05, 4.69) is 15.0 Å². The summed E-state index contributed by atoms with van der Waals surface area (Å²) in [5.74, 6) is -0.371. The highest BCUT2D eigenvalue weighted by atomic mass is 32.2. The normalized spacial score (nSPS) is 11.3. The Morgan fingerprint density at radius 1 is 1.30 bits per heavy atom. The number of amides is 1. The largest absolute Gasteiger partial charge is 0.352 e. The van der Waals surface area contributed by atoms with Gasteiger partial charge in [0.05, 0.1) is 9.90 Å². The van der Waals surface area contributed by atoms with Crippen molar-refractivity contribution in [2.75, 3.05) is 19.8 Å². The summed E-state index contributed by atoms with van der Waals surface area (Å²) in [5.41, 5.74) is 0.229. The smallest absolute Gasteiger partial charge is 0.251 e. The number of aromatic nitrogens is 1. The van der Waals surface area contributed by atoms with Gasteiger partial charge in [0.1, 0.15) is 6.67 Å². The maximum absolute atomic E-state index is 12.1. The lowest BCUT2D eigenvalue weighted by atomic mass is 10.2. The number of benzene rings is 1. The molecule has 0 saturated heterocycles. The van der Waals surface area contributed by atoms with E-state index < -0.39 is 16.7 Å². The lowest BCUT2D eigenvalue weighted by molar-refractivity contribution is 0.0954. The number of nitrogens with one attached hydrogen (secondary N) is 2. The molecule has 0 aliphatic carbocycles. The van der Waals surface area contributed by atoms with Gasteiger partial charge in [-0.3, -0.25) is 4.79 Å². The van der Waals surface area contributed by atoms with Crippen molar-refractivity contribution in [2.24, 2.45) is 0 Å². The Balaban J connectivity index is 1.99. The maximum atomic E-state index is 12.1. The molecule has 0 bridgehead atoms. The third-order valence-corrected chi connectivity index (χ3v) is 5.20. The highest BCUT2D eigenvalue weighted by Crippen LogP contribution is 2.11. The van der Waals surface area contributed by atoms with Crippen LogP contribution in [0.2, 0.25) is 0 Å². The van der Waals surface area contributed by atoms with Crippen molar-refractivity contribution in [1.29, 1.82) is 0 Å². The zero-order chi connectivity index (χ0) is 16.7. The molecule has 1 aromatic carbocycles. The van der Waals surface area contributed by atoms with Crippen molar-refractivity contribution in [3.8, 4) is 0 Å². The third-order valence-electron chi connectivity index (χ3n) is 2.90. The lowest BCUT2D eigenvalue weighted by Gasteiger charge is -2.08.